The predicted molar refractivity (Wildman–Crippen MR) is 71.5 cm³/mol. The van der Waals surface area contributed by atoms with E-state index in [0.717, 1.165) is 0 Å². The van der Waals surface area contributed by atoms with Gasteiger partial charge in [0, 0.05) is 16.3 Å². The lowest BCUT2D eigenvalue weighted by Crippen LogP contribution is -2.08. The largest absolute Gasteiger partial charge is 0.508 e. The first-order chi connectivity index (χ1) is 9.10. The van der Waals surface area contributed by atoms with E-state index in [9.17, 15) is 9.50 Å². The Morgan fingerprint density at radius 2 is 1.89 bits per heavy atom. The molecule has 0 fully saturated rings. The highest BCUT2D eigenvalue weighted by molar-refractivity contribution is 6.30. The van der Waals surface area contributed by atoms with Crippen molar-refractivity contribution < 1.29 is 9.50 Å². The second-order valence-corrected chi connectivity index (χ2v) is 4.35. The Hall–Kier alpha value is -2.25. The van der Waals surface area contributed by atoms with Gasteiger partial charge in [0.2, 0.25) is 0 Å². The maximum absolute atomic E-state index is 12.8. The average Bonchev–Trinajstić information content (AvgIpc) is 2.41. The van der Waals surface area contributed by atoms with E-state index >= 15 is 0 Å². The maximum atomic E-state index is 12.8. The molecule has 0 spiro atoms. The van der Waals surface area contributed by atoms with Crippen LogP contribution in [0.5, 0.6) is 5.75 Å². The van der Waals surface area contributed by atoms with Gasteiger partial charge in [0.15, 0.2) is 0 Å². The molecule has 0 aromatic heterocycles. The topological polar surface area (TPSA) is 56.0 Å². The molecular formula is C14H10ClFN2O. The zero-order valence-corrected chi connectivity index (χ0v) is 10.5. The number of phenols is 1. The van der Waals surface area contributed by atoms with E-state index in [1.165, 1.54) is 42.5 Å². The number of nitrogens with one attached hydrogen (secondary N) is 1. The molecule has 5 heteroatoms. The number of hydrogen-bond donors (Lipinski definition) is 2. The molecule has 2 rings (SSSR count). The summed E-state index contributed by atoms with van der Waals surface area (Å²) < 4.78 is 12.8. The number of phenolic OH excluding ortho intramolecular Hbond substituents is 1. The van der Waals surface area contributed by atoms with Crippen molar-refractivity contribution >= 4 is 17.3 Å². The fraction of sp³-hybridized carbons (Fsp3) is 0.0714. The van der Waals surface area contributed by atoms with Crippen LogP contribution in [-0.2, 0) is 0 Å². The van der Waals surface area contributed by atoms with Crippen LogP contribution in [0.2, 0.25) is 5.02 Å². The third-order valence-electron chi connectivity index (χ3n) is 2.58. The summed E-state index contributed by atoms with van der Waals surface area (Å²) >= 11 is 5.84. The molecule has 0 amide bonds. The molecule has 1 atom stereocenters. The third-order valence-corrected chi connectivity index (χ3v) is 2.82. The van der Waals surface area contributed by atoms with Crippen molar-refractivity contribution in [1.29, 1.82) is 5.26 Å². The van der Waals surface area contributed by atoms with Gasteiger partial charge in [-0.15, -0.1) is 0 Å². The Morgan fingerprint density at radius 3 is 2.53 bits per heavy atom. The maximum Gasteiger partial charge on any atom is 0.143 e. The summed E-state index contributed by atoms with van der Waals surface area (Å²) in [5, 5.41) is 22.2. The Balaban J connectivity index is 2.28. The molecule has 2 aromatic carbocycles. The molecular weight excluding hydrogens is 267 g/mol. The van der Waals surface area contributed by atoms with Crippen molar-refractivity contribution in [3.8, 4) is 11.8 Å². The summed E-state index contributed by atoms with van der Waals surface area (Å²) in [5.41, 5.74) is 0.951. The smallest absolute Gasteiger partial charge is 0.143 e. The Bertz CT molecular complexity index is 622. The van der Waals surface area contributed by atoms with Crippen LogP contribution in [0.3, 0.4) is 0 Å². The lowest BCUT2D eigenvalue weighted by molar-refractivity contribution is 0.467. The zero-order chi connectivity index (χ0) is 13.8. The molecule has 19 heavy (non-hydrogen) atoms. The van der Waals surface area contributed by atoms with Crippen LogP contribution in [0.25, 0.3) is 0 Å². The second-order valence-electron chi connectivity index (χ2n) is 3.92. The van der Waals surface area contributed by atoms with Crippen molar-refractivity contribution in [3.63, 3.8) is 0 Å². The summed E-state index contributed by atoms with van der Waals surface area (Å²) in [5.74, 6) is -0.379. The fourth-order valence-electron chi connectivity index (χ4n) is 1.65. The molecule has 0 aliphatic rings. The van der Waals surface area contributed by atoms with Gasteiger partial charge >= 0.3 is 0 Å². The minimum atomic E-state index is -0.774. The molecule has 96 valence electrons. The molecule has 0 saturated carbocycles. The van der Waals surface area contributed by atoms with E-state index in [2.05, 4.69) is 5.32 Å². The SMILES string of the molecule is N#CC(Nc1ccc(F)cc1)c1cc(Cl)ccc1O. The van der Waals surface area contributed by atoms with E-state index in [1.807, 2.05) is 6.07 Å². The minimum Gasteiger partial charge on any atom is -0.508 e. The van der Waals surface area contributed by atoms with Crippen molar-refractivity contribution in [3.05, 3.63) is 58.9 Å². The fourth-order valence-corrected chi connectivity index (χ4v) is 1.83. The second kappa shape index (κ2) is 5.59. The first-order valence-electron chi connectivity index (χ1n) is 5.50. The molecule has 0 heterocycles. The van der Waals surface area contributed by atoms with E-state index < -0.39 is 6.04 Å². The van der Waals surface area contributed by atoms with Crippen LogP contribution < -0.4 is 5.32 Å². The molecule has 0 aliphatic heterocycles. The number of nitriles is 1. The number of rotatable bonds is 3. The number of benzene rings is 2. The summed E-state index contributed by atoms with van der Waals surface area (Å²) in [6.45, 7) is 0. The normalized spacial score (nSPS) is 11.6. The Morgan fingerprint density at radius 1 is 1.21 bits per heavy atom. The van der Waals surface area contributed by atoms with Crippen LogP contribution in [0, 0.1) is 17.1 Å². The quantitative estimate of drug-likeness (QED) is 0.895. The highest BCUT2D eigenvalue weighted by Gasteiger charge is 2.15. The summed E-state index contributed by atoms with van der Waals surface area (Å²) in [7, 11) is 0. The van der Waals surface area contributed by atoms with Crippen LogP contribution in [0.4, 0.5) is 10.1 Å². The minimum absolute atomic E-state index is 0.0226. The highest BCUT2D eigenvalue weighted by atomic mass is 35.5. The predicted octanol–water partition coefficient (Wildman–Crippen LogP) is 3.86. The van der Waals surface area contributed by atoms with Gasteiger partial charge in [-0.3, -0.25) is 0 Å². The molecule has 0 saturated heterocycles. The van der Waals surface area contributed by atoms with Gasteiger partial charge in [0.05, 0.1) is 6.07 Å². The van der Waals surface area contributed by atoms with Gasteiger partial charge in [0.25, 0.3) is 0 Å². The Kier molecular flexibility index (Phi) is 3.88. The Labute approximate surface area is 114 Å². The van der Waals surface area contributed by atoms with E-state index in [4.69, 9.17) is 16.9 Å². The van der Waals surface area contributed by atoms with Gasteiger partial charge in [0.1, 0.15) is 17.6 Å². The molecule has 2 aromatic rings. The molecule has 2 N–H and O–H groups in total. The molecule has 3 nitrogen and oxygen atoms in total. The molecule has 0 bridgehead atoms. The summed E-state index contributed by atoms with van der Waals surface area (Å²) in [6.07, 6.45) is 0. The van der Waals surface area contributed by atoms with Crippen molar-refractivity contribution in [2.45, 2.75) is 6.04 Å². The number of anilines is 1. The average molecular weight is 277 g/mol. The number of hydrogen-bond acceptors (Lipinski definition) is 3. The van der Waals surface area contributed by atoms with Crippen LogP contribution >= 0.6 is 11.6 Å². The summed E-state index contributed by atoms with van der Waals surface area (Å²) in [4.78, 5) is 0. The van der Waals surface area contributed by atoms with Gasteiger partial charge in [-0.1, -0.05) is 11.6 Å². The van der Waals surface area contributed by atoms with Gasteiger partial charge in [-0.05, 0) is 42.5 Å². The van der Waals surface area contributed by atoms with E-state index in [1.54, 1.807) is 0 Å². The lowest BCUT2D eigenvalue weighted by Gasteiger charge is -2.14. The van der Waals surface area contributed by atoms with Gasteiger partial charge in [-0.25, -0.2) is 4.39 Å². The lowest BCUT2D eigenvalue weighted by atomic mass is 10.1. The summed E-state index contributed by atoms with van der Waals surface area (Å²) in [6, 6.07) is 11.3. The van der Waals surface area contributed by atoms with Crippen molar-refractivity contribution in [1.82, 2.24) is 0 Å². The molecule has 0 radical (unpaired) electrons. The van der Waals surface area contributed by atoms with Gasteiger partial charge in [-0.2, -0.15) is 5.26 Å². The molecule has 0 aliphatic carbocycles. The highest BCUT2D eigenvalue weighted by Crippen LogP contribution is 2.29. The number of halogens is 2. The van der Waals surface area contributed by atoms with E-state index in [-0.39, 0.29) is 11.6 Å². The third kappa shape index (κ3) is 3.15. The van der Waals surface area contributed by atoms with Crippen LogP contribution in [-0.4, -0.2) is 5.11 Å². The van der Waals surface area contributed by atoms with Crippen molar-refractivity contribution in [2.24, 2.45) is 0 Å². The van der Waals surface area contributed by atoms with Crippen molar-refractivity contribution in [2.75, 3.05) is 5.32 Å². The molecule has 1 unspecified atom stereocenters. The number of nitrogens with zero attached hydrogens (tertiary/aromatic N) is 1. The standard InChI is InChI=1S/C14H10ClFN2O/c15-9-1-6-14(19)12(7-9)13(8-17)18-11-4-2-10(16)3-5-11/h1-7,13,18-19H. The van der Waals surface area contributed by atoms with Crippen LogP contribution in [0.1, 0.15) is 11.6 Å². The number of aromatic hydroxyl groups is 1. The zero-order valence-electron chi connectivity index (χ0n) is 9.77. The van der Waals surface area contributed by atoms with Gasteiger partial charge < -0.3 is 10.4 Å². The van der Waals surface area contributed by atoms with Crippen LogP contribution in [0.15, 0.2) is 42.5 Å². The first-order valence-corrected chi connectivity index (χ1v) is 5.88. The van der Waals surface area contributed by atoms with E-state index in [0.29, 0.717) is 16.3 Å². The first kappa shape index (κ1) is 13.2. The monoisotopic (exact) mass is 276 g/mol.